The smallest absolute Gasteiger partial charge is 0.152 e. The Balaban J connectivity index is 2.11. The number of aryl methyl sites for hydroxylation is 1. The first-order chi connectivity index (χ1) is 7.52. The summed E-state index contributed by atoms with van der Waals surface area (Å²) in [5, 5.41) is 2.83. The lowest BCUT2D eigenvalue weighted by molar-refractivity contribution is -0.0925. The number of anilines is 1. The maximum absolute atomic E-state index is 13.6. The van der Waals surface area contributed by atoms with Crippen LogP contribution in [0.4, 0.5) is 14.5 Å². The lowest BCUT2D eigenvalue weighted by Crippen LogP contribution is -2.45. The molecule has 1 fully saturated rings. The van der Waals surface area contributed by atoms with Crippen molar-refractivity contribution in [3.8, 4) is 0 Å². The topological polar surface area (TPSA) is 21.3 Å². The highest BCUT2D eigenvalue weighted by Gasteiger charge is 2.33. The van der Waals surface area contributed by atoms with Crippen molar-refractivity contribution in [3.05, 3.63) is 29.3 Å². The third kappa shape index (κ3) is 2.02. The molecule has 1 aromatic rings. The SMILES string of the molecule is Cc1ccc(F)c(NCC2(C)COC2)c1F. The van der Waals surface area contributed by atoms with E-state index in [4.69, 9.17) is 4.74 Å². The van der Waals surface area contributed by atoms with Gasteiger partial charge in [0.1, 0.15) is 11.5 Å². The van der Waals surface area contributed by atoms with Crippen molar-refractivity contribution in [2.24, 2.45) is 5.41 Å². The van der Waals surface area contributed by atoms with E-state index in [9.17, 15) is 8.78 Å². The van der Waals surface area contributed by atoms with Gasteiger partial charge in [-0.3, -0.25) is 0 Å². The zero-order chi connectivity index (χ0) is 11.8. The van der Waals surface area contributed by atoms with Gasteiger partial charge in [-0.2, -0.15) is 0 Å². The highest BCUT2D eigenvalue weighted by atomic mass is 19.1. The van der Waals surface area contributed by atoms with Gasteiger partial charge in [-0.25, -0.2) is 8.78 Å². The Bertz CT molecular complexity index is 402. The van der Waals surface area contributed by atoms with Crippen molar-refractivity contribution >= 4 is 5.69 Å². The molecule has 4 heteroatoms. The molecule has 0 saturated carbocycles. The molecule has 0 bridgehead atoms. The second kappa shape index (κ2) is 4.01. The summed E-state index contributed by atoms with van der Waals surface area (Å²) in [6, 6.07) is 2.71. The highest BCUT2D eigenvalue weighted by Crippen LogP contribution is 2.28. The van der Waals surface area contributed by atoms with Gasteiger partial charge in [0.25, 0.3) is 0 Å². The van der Waals surface area contributed by atoms with Crippen LogP contribution in [-0.2, 0) is 4.74 Å². The lowest BCUT2D eigenvalue weighted by atomic mass is 9.88. The number of hydrogen-bond acceptors (Lipinski definition) is 2. The van der Waals surface area contributed by atoms with Crippen LogP contribution in [0.5, 0.6) is 0 Å². The van der Waals surface area contributed by atoms with Gasteiger partial charge in [-0.05, 0) is 18.6 Å². The second-order valence-corrected chi connectivity index (χ2v) is 4.71. The summed E-state index contributed by atoms with van der Waals surface area (Å²) >= 11 is 0. The number of halogens is 2. The molecule has 1 saturated heterocycles. The third-order valence-electron chi connectivity index (χ3n) is 2.88. The molecule has 0 atom stereocenters. The molecule has 1 aliphatic rings. The van der Waals surface area contributed by atoms with E-state index in [0.717, 1.165) is 0 Å². The van der Waals surface area contributed by atoms with Crippen molar-refractivity contribution in [3.63, 3.8) is 0 Å². The van der Waals surface area contributed by atoms with Crippen LogP contribution in [0.25, 0.3) is 0 Å². The molecule has 88 valence electrons. The molecule has 2 nitrogen and oxygen atoms in total. The van der Waals surface area contributed by atoms with Gasteiger partial charge in [-0.1, -0.05) is 13.0 Å². The standard InChI is InChI=1S/C12H15F2NO/c1-8-3-4-9(13)11(10(8)14)15-5-12(2)6-16-7-12/h3-4,15H,5-7H2,1-2H3. The van der Waals surface area contributed by atoms with Crippen molar-refractivity contribution < 1.29 is 13.5 Å². The summed E-state index contributed by atoms with van der Waals surface area (Å²) in [5.74, 6) is -1.06. The summed E-state index contributed by atoms with van der Waals surface area (Å²) in [5.41, 5.74) is 0.398. The normalized spacial score (nSPS) is 18.0. The molecule has 1 aromatic carbocycles. The molecule has 1 heterocycles. The summed E-state index contributed by atoms with van der Waals surface area (Å²) in [7, 11) is 0. The Labute approximate surface area is 93.6 Å². The fourth-order valence-corrected chi connectivity index (χ4v) is 1.67. The van der Waals surface area contributed by atoms with E-state index in [1.165, 1.54) is 12.1 Å². The Morgan fingerprint density at radius 2 is 2.06 bits per heavy atom. The number of nitrogens with one attached hydrogen (secondary N) is 1. The van der Waals surface area contributed by atoms with Crippen LogP contribution in [0.2, 0.25) is 0 Å². The van der Waals surface area contributed by atoms with E-state index in [0.29, 0.717) is 25.3 Å². The number of ether oxygens (including phenoxy) is 1. The first-order valence-corrected chi connectivity index (χ1v) is 5.28. The van der Waals surface area contributed by atoms with E-state index in [1.807, 2.05) is 6.92 Å². The minimum Gasteiger partial charge on any atom is -0.380 e. The average Bonchev–Trinajstić information content (AvgIpc) is 2.21. The Morgan fingerprint density at radius 1 is 1.38 bits per heavy atom. The van der Waals surface area contributed by atoms with Crippen molar-refractivity contribution in [1.29, 1.82) is 0 Å². The van der Waals surface area contributed by atoms with Gasteiger partial charge in [0.15, 0.2) is 5.82 Å². The maximum atomic E-state index is 13.6. The number of rotatable bonds is 3. The zero-order valence-corrected chi connectivity index (χ0v) is 9.44. The fraction of sp³-hybridized carbons (Fsp3) is 0.500. The van der Waals surface area contributed by atoms with Crippen LogP contribution in [-0.4, -0.2) is 19.8 Å². The van der Waals surface area contributed by atoms with E-state index in [-0.39, 0.29) is 11.1 Å². The Morgan fingerprint density at radius 3 is 2.62 bits per heavy atom. The van der Waals surface area contributed by atoms with Gasteiger partial charge in [0.2, 0.25) is 0 Å². The van der Waals surface area contributed by atoms with E-state index >= 15 is 0 Å². The first-order valence-electron chi connectivity index (χ1n) is 5.28. The molecule has 0 aromatic heterocycles. The minimum atomic E-state index is -0.549. The molecule has 1 N–H and O–H groups in total. The summed E-state index contributed by atoms with van der Waals surface area (Å²) in [6.45, 7) is 5.43. The van der Waals surface area contributed by atoms with Crippen LogP contribution >= 0.6 is 0 Å². The first kappa shape index (κ1) is 11.3. The molecule has 0 amide bonds. The zero-order valence-electron chi connectivity index (χ0n) is 9.44. The molecule has 1 aliphatic heterocycles. The monoisotopic (exact) mass is 227 g/mol. The number of benzene rings is 1. The van der Waals surface area contributed by atoms with Gasteiger partial charge in [-0.15, -0.1) is 0 Å². The Kier molecular flexibility index (Phi) is 2.84. The van der Waals surface area contributed by atoms with Crippen LogP contribution in [0.3, 0.4) is 0 Å². The summed E-state index contributed by atoms with van der Waals surface area (Å²) < 4.78 is 32.1. The van der Waals surface area contributed by atoms with Crippen LogP contribution in [0.1, 0.15) is 12.5 Å². The predicted molar refractivity (Wildman–Crippen MR) is 58.5 cm³/mol. The quantitative estimate of drug-likeness (QED) is 0.857. The van der Waals surface area contributed by atoms with E-state index in [2.05, 4.69) is 5.32 Å². The molecular formula is C12H15F2NO. The summed E-state index contributed by atoms with van der Waals surface area (Å²) in [6.07, 6.45) is 0. The van der Waals surface area contributed by atoms with Crippen LogP contribution in [0, 0.1) is 24.0 Å². The molecule has 0 radical (unpaired) electrons. The van der Waals surface area contributed by atoms with Crippen molar-refractivity contribution in [1.82, 2.24) is 0 Å². The largest absolute Gasteiger partial charge is 0.380 e. The van der Waals surface area contributed by atoms with Crippen molar-refractivity contribution in [2.45, 2.75) is 13.8 Å². The maximum Gasteiger partial charge on any atom is 0.152 e. The molecule has 2 rings (SSSR count). The number of hydrogen-bond donors (Lipinski definition) is 1. The molecule has 0 unspecified atom stereocenters. The fourth-order valence-electron chi connectivity index (χ4n) is 1.67. The van der Waals surface area contributed by atoms with Gasteiger partial charge >= 0.3 is 0 Å². The highest BCUT2D eigenvalue weighted by molar-refractivity contribution is 5.49. The predicted octanol–water partition coefficient (Wildman–Crippen LogP) is 2.72. The summed E-state index contributed by atoms with van der Waals surface area (Å²) in [4.78, 5) is 0. The van der Waals surface area contributed by atoms with Gasteiger partial charge in [0, 0.05) is 12.0 Å². The van der Waals surface area contributed by atoms with Crippen LogP contribution in [0.15, 0.2) is 12.1 Å². The Hall–Kier alpha value is -1.16. The van der Waals surface area contributed by atoms with Crippen LogP contribution < -0.4 is 5.32 Å². The van der Waals surface area contributed by atoms with E-state index < -0.39 is 11.6 Å². The van der Waals surface area contributed by atoms with Gasteiger partial charge in [0.05, 0.1) is 13.2 Å². The lowest BCUT2D eigenvalue weighted by Gasteiger charge is -2.38. The van der Waals surface area contributed by atoms with Gasteiger partial charge < -0.3 is 10.1 Å². The second-order valence-electron chi connectivity index (χ2n) is 4.71. The molecule has 16 heavy (non-hydrogen) atoms. The molecule has 0 aliphatic carbocycles. The minimum absolute atomic E-state index is 0.0113. The van der Waals surface area contributed by atoms with E-state index in [1.54, 1.807) is 6.92 Å². The average molecular weight is 227 g/mol. The molecule has 0 spiro atoms. The molecular weight excluding hydrogens is 212 g/mol. The third-order valence-corrected chi connectivity index (χ3v) is 2.88. The van der Waals surface area contributed by atoms with Crippen molar-refractivity contribution in [2.75, 3.05) is 25.1 Å².